The second kappa shape index (κ2) is 9.50. The molecule has 35 heavy (non-hydrogen) atoms. The van der Waals surface area contributed by atoms with Crippen LogP contribution in [0.15, 0.2) is 76.4 Å². The quantitative estimate of drug-likeness (QED) is 0.259. The summed E-state index contributed by atoms with van der Waals surface area (Å²) < 4.78 is 7.92. The molecule has 0 aliphatic carbocycles. The zero-order valence-electron chi connectivity index (χ0n) is 18.0. The first-order valence-electron chi connectivity index (χ1n) is 10.3. The van der Waals surface area contributed by atoms with Crippen molar-refractivity contribution < 1.29 is 9.32 Å². The monoisotopic (exact) mass is 580 g/mol. The van der Waals surface area contributed by atoms with E-state index in [4.69, 9.17) is 10.3 Å². The molecule has 4 heterocycles. The van der Waals surface area contributed by atoms with Gasteiger partial charge in [0.2, 0.25) is 5.56 Å². The van der Waals surface area contributed by atoms with E-state index in [-0.39, 0.29) is 28.6 Å². The molecule has 0 radical (unpaired) electrons. The number of carbonyl (C=O) groups is 1. The normalized spacial score (nSPS) is 10.9. The first-order chi connectivity index (χ1) is 17.0. The summed E-state index contributed by atoms with van der Waals surface area (Å²) in [6, 6.07) is 15.8. The van der Waals surface area contributed by atoms with Gasteiger partial charge in [-0.1, -0.05) is 29.4 Å². The van der Waals surface area contributed by atoms with Gasteiger partial charge in [-0.15, -0.1) is 0 Å². The predicted octanol–water partition coefficient (Wildman–Crippen LogP) is 3.17. The number of aromatic nitrogens is 6. The minimum absolute atomic E-state index is 0.0526. The number of H-pyrrole nitrogens is 1. The molecule has 0 atom stereocenters. The molecule has 1 aromatic carbocycles. The fourth-order valence-electron chi connectivity index (χ4n) is 3.37. The Labute approximate surface area is 211 Å². The van der Waals surface area contributed by atoms with Gasteiger partial charge in [0.15, 0.2) is 11.6 Å². The molecule has 174 valence electrons. The maximum absolute atomic E-state index is 12.4. The number of nitrogens with zero attached hydrogens (tertiary/aromatic N) is 5. The number of amides is 1. The Morgan fingerprint density at radius 1 is 1.14 bits per heavy atom. The molecule has 12 heteroatoms. The number of hydrogen-bond donors (Lipinski definition) is 3. The van der Waals surface area contributed by atoms with Crippen molar-refractivity contribution in [3.63, 3.8) is 0 Å². The van der Waals surface area contributed by atoms with Gasteiger partial charge in [0.1, 0.15) is 29.0 Å². The van der Waals surface area contributed by atoms with Crippen molar-refractivity contribution in [3.8, 4) is 22.9 Å². The number of hydrogen-bond acceptors (Lipinski definition) is 8. The van der Waals surface area contributed by atoms with E-state index in [1.165, 1.54) is 30.7 Å². The Kier molecular flexibility index (Phi) is 6.10. The van der Waals surface area contributed by atoms with Crippen LogP contribution >= 0.6 is 22.6 Å². The van der Waals surface area contributed by atoms with Gasteiger partial charge in [0, 0.05) is 15.7 Å². The third-order valence-electron chi connectivity index (χ3n) is 5.07. The van der Waals surface area contributed by atoms with Crippen LogP contribution < -0.4 is 16.6 Å². The summed E-state index contributed by atoms with van der Waals surface area (Å²) in [6.07, 6.45) is 2.89. The number of nitrogen functional groups attached to an aromatic ring is 1. The summed E-state index contributed by atoms with van der Waals surface area (Å²) >= 11 is 2.28. The molecule has 4 N–H and O–H groups in total. The highest BCUT2D eigenvalue weighted by Gasteiger charge is 2.18. The number of aromatic amines is 1. The zero-order valence-corrected chi connectivity index (χ0v) is 20.1. The number of benzene rings is 1. The average molecular weight is 580 g/mol. The maximum atomic E-state index is 12.4. The second-order valence-electron chi connectivity index (χ2n) is 7.42. The van der Waals surface area contributed by atoms with Crippen LogP contribution in [0.1, 0.15) is 16.1 Å². The Balaban J connectivity index is 1.45. The maximum Gasteiger partial charge on any atom is 0.272 e. The molecule has 0 aliphatic heterocycles. The number of pyridine rings is 1. The molecule has 4 aromatic heterocycles. The standard InChI is InChI=1S/C23H17IN8O3/c24-14-5-2-1-4-13(14)12-32-19(15-8-9-35-31-15)10-17(30-32)22-26-11-18(21(25)29-22)28-23(34)16-6-3-7-20(33)27-16/h1-11H,12H2,(H,27,33)(H,28,34)(H2,25,26,29). The average Bonchev–Trinajstić information content (AvgIpc) is 3.52. The molecule has 5 aromatic rings. The lowest BCUT2D eigenvalue weighted by atomic mass is 10.2. The molecule has 0 bridgehead atoms. The lowest BCUT2D eigenvalue weighted by Crippen LogP contribution is -2.19. The van der Waals surface area contributed by atoms with Gasteiger partial charge < -0.3 is 20.6 Å². The molecule has 0 aliphatic rings. The third-order valence-corrected chi connectivity index (χ3v) is 6.12. The molecule has 5 rings (SSSR count). The van der Waals surface area contributed by atoms with Crippen molar-refractivity contribution in [1.29, 1.82) is 0 Å². The van der Waals surface area contributed by atoms with E-state index in [9.17, 15) is 9.59 Å². The molecule has 0 saturated heterocycles. The van der Waals surface area contributed by atoms with Gasteiger partial charge in [-0.3, -0.25) is 14.3 Å². The van der Waals surface area contributed by atoms with Crippen molar-refractivity contribution in [2.75, 3.05) is 11.1 Å². The summed E-state index contributed by atoms with van der Waals surface area (Å²) in [6.45, 7) is 0.500. The summed E-state index contributed by atoms with van der Waals surface area (Å²) in [7, 11) is 0. The lowest BCUT2D eigenvalue weighted by Gasteiger charge is -2.08. The van der Waals surface area contributed by atoms with Gasteiger partial charge in [0.05, 0.1) is 18.4 Å². The fourth-order valence-corrected chi connectivity index (χ4v) is 3.93. The van der Waals surface area contributed by atoms with Gasteiger partial charge >= 0.3 is 0 Å². The van der Waals surface area contributed by atoms with Gasteiger partial charge in [-0.25, -0.2) is 9.97 Å². The van der Waals surface area contributed by atoms with Crippen molar-refractivity contribution in [3.05, 3.63) is 92.2 Å². The van der Waals surface area contributed by atoms with Crippen molar-refractivity contribution >= 4 is 40.0 Å². The van der Waals surface area contributed by atoms with Crippen LogP contribution in [-0.4, -0.2) is 35.8 Å². The van der Waals surface area contributed by atoms with Gasteiger partial charge in [0.25, 0.3) is 5.91 Å². The smallest absolute Gasteiger partial charge is 0.272 e. The van der Waals surface area contributed by atoms with Gasteiger partial charge in [-0.2, -0.15) is 5.10 Å². The van der Waals surface area contributed by atoms with Crippen LogP contribution in [-0.2, 0) is 6.54 Å². The third kappa shape index (κ3) is 4.82. The molecular formula is C23H17IN8O3. The molecular weight excluding hydrogens is 563 g/mol. The molecule has 1 amide bonds. The van der Waals surface area contributed by atoms with E-state index in [0.29, 0.717) is 17.9 Å². The first kappa shape index (κ1) is 22.5. The first-order valence-corrected chi connectivity index (χ1v) is 11.4. The molecule has 0 unspecified atom stereocenters. The van der Waals surface area contributed by atoms with E-state index < -0.39 is 5.91 Å². The summed E-state index contributed by atoms with van der Waals surface area (Å²) in [5.74, 6) is -0.211. The highest BCUT2D eigenvalue weighted by Crippen LogP contribution is 2.27. The summed E-state index contributed by atoms with van der Waals surface area (Å²) in [4.78, 5) is 35.0. The number of rotatable bonds is 6. The summed E-state index contributed by atoms with van der Waals surface area (Å²) in [5.41, 5.74) is 8.91. The van der Waals surface area contributed by atoms with Crippen LogP contribution in [0.3, 0.4) is 0 Å². The Morgan fingerprint density at radius 2 is 2.00 bits per heavy atom. The van der Waals surface area contributed by atoms with E-state index in [0.717, 1.165) is 14.8 Å². The molecule has 0 saturated carbocycles. The van der Waals surface area contributed by atoms with Crippen LogP contribution in [0.5, 0.6) is 0 Å². The minimum Gasteiger partial charge on any atom is -0.382 e. The topological polar surface area (TPSA) is 158 Å². The van der Waals surface area contributed by atoms with Gasteiger partial charge in [-0.05, 0) is 46.4 Å². The molecule has 11 nitrogen and oxygen atoms in total. The number of anilines is 2. The lowest BCUT2D eigenvalue weighted by molar-refractivity contribution is 0.102. The van der Waals surface area contributed by atoms with Crippen molar-refractivity contribution in [2.24, 2.45) is 0 Å². The fraction of sp³-hybridized carbons (Fsp3) is 0.0435. The van der Waals surface area contributed by atoms with Crippen molar-refractivity contribution in [2.45, 2.75) is 6.54 Å². The van der Waals surface area contributed by atoms with E-state index in [2.05, 4.69) is 53.1 Å². The summed E-state index contributed by atoms with van der Waals surface area (Å²) in [5, 5.41) is 11.3. The predicted molar refractivity (Wildman–Crippen MR) is 136 cm³/mol. The number of carbonyl (C=O) groups excluding carboxylic acids is 1. The molecule has 0 fully saturated rings. The van der Waals surface area contributed by atoms with Crippen LogP contribution in [0.4, 0.5) is 11.5 Å². The zero-order chi connectivity index (χ0) is 24.4. The van der Waals surface area contributed by atoms with E-state index in [1.54, 1.807) is 16.8 Å². The van der Waals surface area contributed by atoms with Crippen LogP contribution in [0.2, 0.25) is 0 Å². The SMILES string of the molecule is Nc1nc(-c2cc(-c3ccon3)n(Cc3ccccc3I)n2)ncc1NC(=O)c1cccc(=O)[nH]1. The van der Waals surface area contributed by atoms with Crippen molar-refractivity contribution in [1.82, 2.24) is 29.9 Å². The Bertz CT molecular complexity index is 1580. The Morgan fingerprint density at radius 3 is 2.74 bits per heavy atom. The number of halogens is 1. The molecule has 0 spiro atoms. The number of nitrogens with two attached hydrogens (primary N) is 1. The largest absolute Gasteiger partial charge is 0.382 e. The highest BCUT2D eigenvalue weighted by molar-refractivity contribution is 14.1. The van der Waals surface area contributed by atoms with E-state index in [1.807, 2.05) is 24.3 Å². The van der Waals surface area contributed by atoms with E-state index >= 15 is 0 Å². The van der Waals surface area contributed by atoms with Crippen LogP contribution in [0.25, 0.3) is 22.9 Å². The highest BCUT2D eigenvalue weighted by atomic mass is 127. The second-order valence-corrected chi connectivity index (χ2v) is 8.59. The minimum atomic E-state index is -0.541. The number of nitrogens with one attached hydrogen (secondary N) is 2. The Hall–Kier alpha value is -4.33. The van der Waals surface area contributed by atoms with Crippen LogP contribution in [0, 0.1) is 3.57 Å².